The molecule has 0 aliphatic rings. The first-order chi connectivity index (χ1) is 9.01. The van der Waals surface area contributed by atoms with E-state index in [1.165, 1.54) is 0 Å². The zero-order valence-electron chi connectivity index (χ0n) is 12.7. The van der Waals surface area contributed by atoms with Crippen molar-refractivity contribution in [2.75, 3.05) is 0 Å². The molecule has 0 aromatic heterocycles. The lowest BCUT2D eigenvalue weighted by Crippen LogP contribution is -2.24. The molecule has 4 nitrogen and oxygen atoms in total. The maximum absolute atomic E-state index is 11.7. The van der Waals surface area contributed by atoms with Gasteiger partial charge in [-0.25, -0.2) is 0 Å². The number of hydrogen-bond donors (Lipinski definition) is 2. The van der Waals surface area contributed by atoms with Gasteiger partial charge in [0.05, 0.1) is 10.5 Å². The summed E-state index contributed by atoms with van der Waals surface area (Å²) in [6, 6.07) is -1.80. The molecule has 0 spiro atoms. The minimum absolute atomic E-state index is 0. The number of rotatable bonds is 2. The largest absolute Gasteiger partial charge is 0.370 e. The third kappa shape index (κ3) is 4.26. The van der Waals surface area contributed by atoms with Gasteiger partial charge < -0.3 is 11.5 Å². The molecule has 1 amide bonds. The van der Waals surface area contributed by atoms with Crippen molar-refractivity contribution in [2.45, 2.75) is 6.37 Å². The Morgan fingerprint density at radius 3 is 2.38 bits per heavy atom. The van der Waals surface area contributed by atoms with E-state index in [0.29, 0.717) is 0 Å². The Morgan fingerprint density at radius 1 is 1.44 bits per heavy atom. The molecule has 0 aliphatic carbocycles. The van der Waals surface area contributed by atoms with Crippen LogP contribution in [-0.2, 0) is 11.2 Å². The van der Waals surface area contributed by atoms with E-state index < -0.39 is 52.0 Å². The number of guanidine groups is 1. The standard InChI is InChI=1S/C9H9Cl2N3O.ClH/c10-6-2-1-3-7(11)5(6)4-8(15)14-9(12)13;/h1-3H,4H2,(H4,12,13,14,15);1H/i1D,2D,3D,4D2,9+1;. The Kier molecular flexibility index (Phi) is 3.36. The molecule has 1 aromatic rings. The number of amides is 1. The average molecular weight is 289 g/mol. The Balaban J connectivity index is 0.00000400. The van der Waals surface area contributed by atoms with Crippen molar-refractivity contribution in [2.24, 2.45) is 16.5 Å². The van der Waals surface area contributed by atoms with Gasteiger partial charge in [0.25, 0.3) is 5.91 Å². The SMILES string of the molecule is Cl.[2H]c1c([2H])c(Cl)c(C([2H])([2H])C(=O)N=[13C](N)N)c(Cl)c1[2H]. The van der Waals surface area contributed by atoms with Gasteiger partial charge in [0.1, 0.15) is 0 Å². The van der Waals surface area contributed by atoms with Crippen molar-refractivity contribution in [3.8, 4) is 0 Å². The van der Waals surface area contributed by atoms with Crippen molar-refractivity contribution in [3.05, 3.63) is 33.7 Å². The van der Waals surface area contributed by atoms with Gasteiger partial charge in [-0.05, 0) is 17.6 Å². The second kappa shape index (κ2) is 6.58. The monoisotopic (exact) mass is 287 g/mol. The van der Waals surface area contributed by atoms with Crippen molar-refractivity contribution in [3.63, 3.8) is 0 Å². The Hall–Kier alpha value is -0.970. The molecular formula is C9H10Cl3N3O. The molecule has 0 atom stereocenters. The molecular weight excluding hydrogens is 273 g/mol. The predicted octanol–water partition coefficient (Wildman–Crippen LogP) is 1.76. The van der Waals surface area contributed by atoms with Gasteiger partial charge in [-0.2, -0.15) is 4.99 Å². The van der Waals surface area contributed by atoms with Crippen LogP contribution in [0.4, 0.5) is 0 Å². The Morgan fingerprint density at radius 2 is 1.94 bits per heavy atom. The van der Waals surface area contributed by atoms with Crippen LogP contribution < -0.4 is 11.5 Å². The molecule has 16 heavy (non-hydrogen) atoms. The second-order valence-corrected chi connectivity index (χ2v) is 3.10. The van der Waals surface area contributed by atoms with Gasteiger partial charge in [0, 0.05) is 12.8 Å². The zero-order chi connectivity index (χ0) is 15.8. The lowest BCUT2D eigenvalue weighted by molar-refractivity contribution is -0.117. The number of carbonyl (C=O) groups excluding carboxylic acids is 1. The van der Waals surface area contributed by atoms with Gasteiger partial charge >= 0.3 is 0 Å². The first-order valence-corrected chi connectivity index (χ1v) is 4.36. The summed E-state index contributed by atoms with van der Waals surface area (Å²) < 4.78 is 37.9. The molecule has 0 saturated carbocycles. The van der Waals surface area contributed by atoms with E-state index in [4.69, 9.17) is 41.5 Å². The highest BCUT2D eigenvalue weighted by Crippen LogP contribution is 2.24. The van der Waals surface area contributed by atoms with Crippen LogP contribution in [0.1, 0.15) is 12.4 Å². The number of aliphatic imine (C=N–C) groups is 1. The summed E-state index contributed by atoms with van der Waals surface area (Å²) in [5, 5.41) is -1.08. The summed E-state index contributed by atoms with van der Waals surface area (Å²) in [7, 11) is 0. The van der Waals surface area contributed by atoms with Crippen LogP contribution in [-0.4, -0.2) is 11.9 Å². The van der Waals surface area contributed by atoms with E-state index in [1.807, 2.05) is 0 Å². The molecule has 0 radical (unpaired) electrons. The summed E-state index contributed by atoms with van der Waals surface area (Å²) in [5.74, 6) is -2.03. The third-order valence-electron chi connectivity index (χ3n) is 1.25. The number of halogens is 3. The van der Waals surface area contributed by atoms with Gasteiger partial charge in [-0.15, -0.1) is 12.4 Å². The number of hydrogen-bond acceptors (Lipinski definition) is 1. The molecule has 1 aromatic carbocycles. The molecule has 1 rings (SSSR count). The summed E-state index contributed by atoms with van der Waals surface area (Å²) in [6.45, 7) is 0. The summed E-state index contributed by atoms with van der Waals surface area (Å²) in [5.41, 5.74) is 9.39. The number of nitrogens with two attached hydrogens (primary N) is 2. The fraction of sp³-hybridized carbons (Fsp3) is 0.111. The van der Waals surface area contributed by atoms with Gasteiger partial charge in [-0.1, -0.05) is 29.2 Å². The summed E-state index contributed by atoms with van der Waals surface area (Å²) in [4.78, 5) is 14.7. The topological polar surface area (TPSA) is 81.5 Å². The molecule has 0 fully saturated rings. The van der Waals surface area contributed by atoms with E-state index in [9.17, 15) is 4.79 Å². The van der Waals surface area contributed by atoms with E-state index in [1.54, 1.807) is 0 Å². The second-order valence-electron chi connectivity index (χ2n) is 2.34. The van der Waals surface area contributed by atoms with Crippen LogP contribution in [0.3, 0.4) is 0 Å². The maximum Gasteiger partial charge on any atom is 0.253 e. The van der Waals surface area contributed by atoms with Crippen molar-refractivity contribution in [1.29, 1.82) is 0 Å². The fourth-order valence-corrected chi connectivity index (χ4v) is 1.15. The lowest BCUT2D eigenvalue weighted by atomic mass is 10.1. The Bertz CT molecular complexity index is 590. The van der Waals surface area contributed by atoms with Crippen LogP contribution in [0.15, 0.2) is 23.1 Å². The summed E-state index contributed by atoms with van der Waals surface area (Å²) >= 11 is 11.5. The predicted molar refractivity (Wildman–Crippen MR) is 68.2 cm³/mol. The van der Waals surface area contributed by atoms with Gasteiger partial charge in [0.2, 0.25) is 0 Å². The zero-order valence-corrected chi connectivity index (χ0v) is 10.0. The molecule has 7 heteroatoms. The molecule has 0 unspecified atom stereocenters. The molecule has 0 heterocycles. The highest BCUT2D eigenvalue weighted by molar-refractivity contribution is 6.36. The quantitative estimate of drug-likeness (QED) is 0.494. The average Bonchev–Trinajstić information content (AvgIpc) is 2.33. The van der Waals surface area contributed by atoms with Gasteiger partial charge in [-0.3, -0.25) is 4.79 Å². The van der Waals surface area contributed by atoms with Crippen LogP contribution in [0, 0.1) is 0 Å². The first kappa shape index (κ1) is 8.17. The minimum atomic E-state index is -2.84. The van der Waals surface area contributed by atoms with E-state index in [2.05, 4.69) is 4.99 Å². The minimum Gasteiger partial charge on any atom is -0.370 e. The van der Waals surface area contributed by atoms with Crippen LogP contribution in [0.25, 0.3) is 0 Å². The smallest absolute Gasteiger partial charge is 0.253 e. The number of carbonyl (C=O) groups is 1. The van der Waals surface area contributed by atoms with E-state index in [-0.39, 0.29) is 12.4 Å². The van der Waals surface area contributed by atoms with Gasteiger partial charge in [0.15, 0.2) is 5.96 Å². The fourth-order valence-electron chi connectivity index (χ4n) is 0.724. The van der Waals surface area contributed by atoms with Crippen molar-refractivity contribution < 1.29 is 11.6 Å². The van der Waals surface area contributed by atoms with Crippen molar-refractivity contribution >= 4 is 47.5 Å². The molecule has 0 saturated heterocycles. The van der Waals surface area contributed by atoms with Crippen molar-refractivity contribution in [1.82, 2.24) is 0 Å². The van der Waals surface area contributed by atoms with Crippen LogP contribution >= 0.6 is 35.6 Å². The highest BCUT2D eigenvalue weighted by Gasteiger charge is 2.09. The van der Waals surface area contributed by atoms with Crippen LogP contribution in [0.2, 0.25) is 10.0 Å². The molecule has 88 valence electrons. The lowest BCUT2D eigenvalue weighted by Gasteiger charge is -2.03. The number of nitrogens with zero attached hydrogens (tertiary/aromatic N) is 1. The summed E-state index contributed by atoms with van der Waals surface area (Å²) in [6.07, 6.45) is -2.84. The molecule has 4 N–H and O–H groups in total. The normalized spacial score (nSPS) is 14.5. The highest BCUT2D eigenvalue weighted by atomic mass is 35.5. The van der Waals surface area contributed by atoms with E-state index >= 15 is 0 Å². The molecule has 0 bridgehead atoms. The third-order valence-corrected chi connectivity index (χ3v) is 1.81. The first-order valence-electron chi connectivity index (χ1n) is 6.11. The molecule has 0 aliphatic heterocycles. The van der Waals surface area contributed by atoms with E-state index in [0.717, 1.165) is 0 Å². The Labute approximate surface area is 116 Å². The maximum atomic E-state index is 11.7. The van der Waals surface area contributed by atoms with Crippen LogP contribution in [0.5, 0.6) is 0 Å². The number of benzene rings is 1.